The lowest BCUT2D eigenvalue weighted by Gasteiger charge is -2.34. The van der Waals surface area contributed by atoms with E-state index in [9.17, 15) is 18.0 Å². The molecule has 5 nitrogen and oxygen atoms in total. The molecule has 0 bridgehead atoms. The molecule has 3 N–H and O–H groups in total. The fraction of sp³-hybridized carbons (Fsp3) is 0.316. The summed E-state index contributed by atoms with van der Waals surface area (Å²) in [7, 11) is 0. The summed E-state index contributed by atoms with van der Waals surface area (Å²) in [6, 6.07) is 6.73. The van der Waals surface area contributed by atoms with Gasteiger partial charge in [-0.15, -0.1) is 0 Å². The highest BCUT2D eigenvalue weighted by Crippen LogP contribution is 2.66. The van der Waals surface area contributed by atoms with Crippen molar-refractivity contribution in [3.05, 3.63) is 58.6 Å². The van der Waals surface area contributed by atoms with E-state index in [2.05, 4.69) is 15.3 Å². The van der Waals surface area contributed by atoms with E-state index in [0.29, 0.717) is 11.4 Å². The highest BCUT2D eigenvalue weighted by atomic mass is 35.5. The average molecular weight is 441 g/mol. The Labute approximate surface area is 173 Å². The zero-order valence-electron chi connectivity index (χ0n) is 15.0. The summed E-state index contributed by atoms with van der Waals surface area (Å²) in [6.45, 7) is -1.74. The molecule has 0 spiro atoms. The Hall–Kier alpha value is -2.26. The van der Waals surface area contributed by atoms with Crippen LogP contribution in [0.25, 0.3) is 0 Å². The van der Waals surface area contributed by atoms with Gasteiger partial charge in [0.1, 0.15) is 30.4 Å². The van der Waals surface area contributed by atoms with Gasteiger partial charge in [0.15, 0.2) is 5.17 Å². The number of carbonyl (C=O) groups is 1. The second-order valence-electron chi connectivity index (χ2n) is 7.08. The molecule has 0 radical (unpaired) electrons. The minimum absolute atomic E-state index is 0.0215. The van der Waals surface area contributed by atoms with Crippen LogP contribution < -0.4 is 11.1 Å². The number of alkyl halides is 2. The van der Waals surface area contributed by atoms with E-state index in [1.165, 1.54) is 30.5 Å². The molecular formula is C19H16ClF3N4OS. The van der Waals surface area contributed by atoms with Crippen molar-refractivity contribution < 1.29 is 18.0 Å². The number of aromatic nitrogens is 1. The van der Waals surface area contributed by atoms with Crippen LogP contribution in [0, 0.1) is 11.7 Å². The second-order valence-corrected chi connectivity index (χ2v) is 8.95. The van der Waals surface area contributed by atoms with Crippen molar-refractivity contribution >= 4 is 40.1 Å². The maximum absolute atomic E-state index is 14.7. The molecule has 4 rings (SSSR count). The maximum atomic E-state index is 14.7. The summed E-state index contributed by atoms with van der Waals surface area (Å²) < 4.78 is 41.7. The van der Waals surface area contributed by atoms with Gasteiger partial charge in [-0.1, -0.05) is 23.4 Å². The molecule has 1 amide bonds. The van der Waals surface area contributed by atoms with Gasteiger partial charge in [-0.3, -0.25) is 4.79 Å². The molecule has 2 aliphatic rings. The summed E-state index contributed by atoms with van der Waals surface area (Å²) in [5, 5.41) is 2.99. The summed E-state index contributed by atoms with van der Waals surface area (Å²) in [5.74, 6) is -1.77. The highest BCUT2D eigenvalue weighted by Gasteiger charge is 2.68. The van der Waals surface area contributed by atoms with Crippen molar-refractivity contribution in [2.24, 2.45) is 16.6 Å². The number of aliphatic imine (C=N–C) groups is 1. The monoisotopic (exact) mass is 440 g/mol. The van der Waals surface area contributed by atoms with Gasteiger partial charge in [0, 0.05) is 23.4 Å². The predicted molar refractivity (Wildman–Crippen MR) is 107 cm³/mol. The number of nitrogens with one attached hydrogen (secondary N) is 1. The Kier molecular flexibility index (Phi) is 4.98. The summed E-state index contributed by atoms with van der Waals surface area (Å²) >= 11 is 6.83. The van der Waals surface area contributed by atoms with Crippen LogP contribution in [0.1, 0.15) is 22.5 Å². The van der Waals surface area contributed by atoms with Gasteiger partial charge in [0.05, 0.1) is 9.77 Å². The Morgan fingerprint density at radius 1 is 1.31 bits per heavy atom. The molecule has 1 aromatic heterocycles. The standard InChI is InChI=1S/C19H16ClF3N4OS/c20-10-1-4-14(25-7-10)16(28)26-11-2-3-13(23)12(5-11)19(9-22)15-6-18(15,8-21)29-17(24)27-19/h1-5,7,15H,6,8-9H2,(H2,24,27)(H,26,28)/t15-,18-,19-/m1/s1. The third-order valence-corrected chi connectivity index (χ3v) is 6.79. The Morgan fingerprint density at radius 2 is 2.10 bits per heavy atom. The number of amidine groups is 1. The molecule has 0 unspecified atom stereocenters. The number of halogens is 4. The summed E-state index contributed by atoms with van der Waals surface area (Å²) in [6.07, 6.45) is 1.67. The lowest BCUT2D eigenvalue weighted by molar-refractivity contribution is 0.102. The zero-order valence-corrected chi connectivity index (χ0v) is 16.5. The number of pyridine rings is 1. The maximum Gasteiger partial charge on any atom is 0.274 e. The van der Waals surface area contributed by atoms with E-state index in [-0.39, 0.29) is 22.1 Å². The van der Waals surface area contributed by atoms with Crippen molar-refractivity contribution in [3.8, 4) is 0 Å². The molecule has 3 atom stereocenters. The number of nitrogens with two attached hydrogens (primary N) is 1. The van der Waals surface area contributed by atoms with Crippen molar-refractivity contribution in [2.45, 2.75) is 16.7 Å². The van der Waals surface area contributed by atoms with Gasteiger partial charge in [-0.05, 0) is 36.8 Å². The lowest BCUT2D eigenvalue weighted by Crippen LogP contribution is -2.40. The van der Waals surface area contributed by atoms with E-state index in [0.717, 1.165) is 17.8 Å². The van der Waals surface area contributed by atoms with E-state index >= 15 is 0 Å². The predicted octanol–water partition coefficient (Wildman–Crippen LogP) is 4.08. The highest BCUT2D eigenvalue weighted by molar-refractivity contribution is 8.15. The fourth-order valence-corrected chi connectivity index (χ4v) is 5.15. The van der Waals surface area contributed by atoms with Crippen LogP contribution in [-0.2, 0) is 5.54 Å². The number of thioether (sulfide) groups is 1. The topological polar surface area (TPSA) is 80.4 Å². The van der Waals surface area contributed by atoms with Crippen molar-refractivity contribution in [3.63, 3.8) is 0 Å². The van der Waals surface area contributed by atoms with Gasteiger partial charge >= 0.3 is 0 Å². The molecule has 1 aliphatic heterocycles. The lowest BCUT2D eigenvalue weighted by atomic mass is 9.84. The molecule has 2 heterocycles. The van der Waals surface area contributed by atoms with E-state index in [1.807, 2.05) is 0 Å². The fourth-order valence-electron chi connectivity index (χ4n) is 3.77. The van der Waals surface area contributed by atoms with Crippen LogP contribution in [0.15, 0.2) is 41.5 Å². The van der Waals surface area contributed by atoms with E-state index in [4.69, 9.17) is 17.3 Å². The number of rotatable bonds is 5. The third kappa shape index (κ3) is 3.36. The summed E-state index contributed by atoms with van der Waals surface area (Å²) in [4.78, 5) is 20.5. The molecule has 1 saturated carbocycles. The molecule has 29 heavy (non-hydrogen) atoms. The van der Waals surface area contributed by atoms with Crippen LogP contribution in [0.3, 0.4) is 0 Å². The second kappa shape index (κ2) is 7.21. The first-order valence-corrected chi connectivity index (χ1v) is 9.92. The van der Waals surface area contributed by atoms with Crippen LogP contribution in [0.2, 0.25) is 5.02 Å². The van der Waals surface area contributed by atoms with E-state index in [1.54, 1.807) is 0 Å². The van der Waals surface area contributed by atoms with Crippen LogP contribution in [0.5, 0.6) is 0 Å². The third-order valence-electron chi connectivity index (χ3n) is 5.30. The van der Waals surface area contributed by atoms with E-state index < -0.39 is 41.3 Å². The molecule has 1 fully saturated rings. The van der Waals surface area contributed by atoms with Gasteiger partial charge in [-0.25, -0.2) is 23.1 Å². The Bertz CT molecular complexity index is 1010. The first kappa shape index (κ1) is 20.0. The molecule has 152 valence electrons. The van der Waals surface area contributed by atoms with Gasteiger partial charge < -0.3 is 11.1 Å². The SMILES string of the molecule is NC1=N[C@](CF)(c2cc(NC(=O)c3ccc(Cl)cn3)ccc2F)[C@@H]2C[C@]2(CF)S1. The summed E-state index contributed by atoms with van der Waals surface area (Å²) in [5.41, 5.74) is 4.48. The Morgan fingerprint density at radius 3 is 2.76 bits per heavy atom. The first-order chi connectivity index (χ1) is 13.8. The van der Waals surface area contributed by atoms with Crippen molar-refractivity contribution in [1.82, 2.24) is 4.98 Å². The number of amides is 1. The minimum atomic E-state index is -1.62. The number of anilines is 1. The number of carbonyl (C=O) groups excluding carboxylic acids is 1. The van der Waals surface area contributed by atoms with Crippen LogP contribution >= 0.6 is 23.4 Å². The van der Waals surface area contributed by atoms with Crippen molar-refractivity contribution in [2.75, 3.05) is 18.7 Å². The van der Waals surface area contributed by atoms with Gasteiger partial charge in [0.2, 0.25) is 0 Å². The number of benzene rings is 1. The molecule has 2 aromatic rings. The number of nitrogens with zero attached hydrogens (tertiary/aromatic N) is 2. The first-order valence-electron chi connectivity index (χ1n) is 8.73. The van der Waals surface area contributed by atoms with Crippen molar-refractivity contribution in [1.29, 1.82) is 0 Å². The zero-order chi connectivity index (χ0) is 20.8. The average Bonchev–Trinajstić information content (AvgIpc) is 3.44. The quantitative estimate of drug-likeness (QED) is 0.734. The smallest absolute Gasteiger partial charge is 0.274 e. The van der Waals surface area contributed by atoms with Gasteiger partial charge in [0.25, 0.3) is 5.91 Å². The number of fused-ring (bicyclic) bond motifs is 1. The largest absolute Gasteiger partial charge is 0.378 e. The molecular weight excluding hydrogens is 425 g/mol. The van der Waals surface area contributed by atoms with Crippen LogP contribution in [0.4, 0.5) is 18.9 Å². The number of hydrogen-bond acceptors (Lipinski definition) is 5. The molecule has 1 aromatic carbocycles. The normalized spacial score (nSPS) is 27.7. The van der Waals surface area contributed by atoms with Crippen LogP contribution in [-0.4, -0.2) is 34.2 Å². The van der Waals surface area contributed by atoms with Gasteiger partial charge in [-0.2, -0.15) is 0 Å². The molecule has 0 saturated heterocycles. The molecule has 10 heteroatoms. The molecule has 1 aliphatic carbocycles. The Balaban J connectivity index is 1.69. The number of hydrogen-bond donors (Lipinski definition) is 2. The minimum Gasteiger partial charge on any atom is -0.378 e.